The zero-order valence-electron chi connectivity index (χ0n) is 14.3. The maximum Gasteiger partial charge on any atom is 0.417 e. The number of nitrogens with zero attached hydrogens (tertiary/aromatic N) is 2. The number of carbonyl (C=O) groups is 1. The standard InChI is InChI=1S/C20H13F3N4O/c21-20(22,23)14-6-2-1-4-12(14)16-10-11-7-8-15(26-19(11)27-16)17-13(18(24)28)5-3-9-25-17/h1-10H,(H2,24,28)(H,26,27). The Hall–Kier alpha value is -3.68. The van der Waals surface area contributed by atoms with Crippen molar-refractivity contribution in [3.8, 4) is 22.6 Å². The number of amides is 1. The topological polar surface area (TPSA) is 84.7 Å². The van der Waals surface area contributed by atoms with Crippen molar-refractivity contribution >= 4 is 16.9 Å². The molecule has 0 bridgehead atoms. The molecule has 0 radical (unpaired) electrons. The van der Waals surface area contributed by atoms with Gasteiger partial charge in [0.25, 0.3) is 5.91 Å². The quantitative estimate of drug-likeness (QED) is 0.550. The number of benzene rings is 1. The molecule has 0 spiro atoms. The van der Waals surface area contributed by atoms with E-state index in [9.17, 15) is 18.0 Å². The van der Waals surface area contributed by atoms with Gasteiger partial charge < -0.3 is 10.7 Å². The molecule has 8 heteroatoms. The molecule has 140 valence electrons. The lowest BCUT2D eigenvalue weighted by atomic mass is 10.0. The molecule has 0 saturated carbocycles. The van der Waals surface area contributed by atoms with Gasteiger partial charge in [-0.2, -0.15) is 13.2 Å². The maximum atomic E-state index is 13.3. The third kappa shape index (κ3) is 3.09. The summed E-state index contributed by atoms with van der Waals surface area (Å²) in [6, 6.07) is 13.4. The number of primary amides is 1. The molecule has 4 aromatic rings. The number of nitrogens with one attached hydrogen (secondary N) is 1. The van der Waals surface area contributed by atoms with Gasteiger partial charge in [0.15, 0.2) is 0 Å². The summed E-state index contributed by atoms with van der Waals surface area (Å²) in [5.41, 5.74) is 6.26. The molecule has 1 aromatic carbocycles. The van der Waals surface area contributed by atoms with Gasteiger partial charge in [0, 0.05) is 22.8 Å². The van der Waals surface area contributed by atoms with Gasteiger partial charge in [0.1, 0.15) is 11.3 Å². The molecule has 0 aliphatic rings. The summed E-state index contributed by atoms with van der Waals surface area (Å²) in [7, 11) is 0. The number of rotatable bonds is 3. The van der Waals surface area contributed by atoms with Crippen molar-refractivity contribution in [2.45, 2.75) is 6.18 Å². The summed E-state index contributed by atoms with van der Waals surface area (Å²) in [6.07, 6.45) is -2.97. The molecule has 28 heavy (non-hydrogen) atoms. The first-order chi connectivity index (χ1) is 13.3. The highest BCUT2D eigenvalue weighted by Crippen LogP contribution is 2.37. The van der Waals surface area contributed by atoms with Crippen LogP contribution in [0.5, 0.6) is 0 Å². The monoisotopic (exact) mass is 382 g/mol. The van der Waals surface area contributed by atoms with Crippen molar-refractivity contribution in [2.75, 3.05) is 0 Å². The van der Waals surface area contributed by atoms with Crippen LogP contribution in [0.1, 0.15) is 15.9 Å². The normalized spacial score (nSPS) is 11.7. The minimum atomic E-state index is -4.48. The summed E-state index contributed by atoms with van der Waals surface area (Å²) in [6.45, 7) is 0. The number of aromatic nitrogens is 3. The van der Waals surface area contributed by atoms with Gasteiger partial charge in [0.2, 0.25) is 0 Å². The van der Waals surface area contributed by atoms with Crippen LogP contribution in [-0.4, -0.2) is 20.9 Å². The lowest BCUT2D eigenvalue weighted by Crippen LogP contribution is -2.13. The third-order valence-corrected chi connectivity index (χ3v) is 4.32. The second-order valence-electron chi connectivity index (χ2n) is 6.12. The largest absolute Gasteiger partial charge is 0.417 e. The molecule has 1 amide bonds. The molecule has 3 aromatic heterocycles. The third-order valence-electron chi connectivity index (χ3n) is 4.32. The molecule has 5 nitrogen and oxygen atoms in total. The van der Waals surface area contributed by atoms with E-state index in [4.69, 9.17) is 5.73 Å². The van der Waals surface area contributed by atoms with Crippen molar-refractivity contribution in [1.82, 2.24) is 15.0 Å². The molecule has 0 saturated heterocycles. The van der Waals surface area contributed by atoms with Crippen LogP contribution in [0.25, 0.3) is 33.7 Å². The summed E-state index contributed by atoms with van der Waals surface area (Å²) < 4.78 is 39.9. The number of H-pyrrole nitrogens is 1. The first-order valence-corrected chi connectivity index (χ1v) is 8.26. The van der Waals surface area contributed by atoms with E-state index in [1.165, 1.54) is 24.4 Å². The number of aromatic amines is 1. The Balaban J connectivity index is 1.85. The van der Waals surface area contributed by atoms with Crippen molar-refractivity contribution in [1.29, 1.82) is 0 Å². The van der Waals surface area contributed by atoms with Crippen molar-refractivity contribution in [3.05, 3.63) is 71.9 Å². The van der Waals surface area contributed by atoms with Gasteiger partial charge in [-0.15, -0.1) is 0 Å². The van der Waals surface area contributed by atoms with E-state index in [0.717, 1.165) is 6.07 Å². The Labute approximate surface area is 157 Å². The zero-order chi connectivity index (χ0) is 19.9. The number of halogens is 3. The summed E-state index contributed by atoms with van der Waals surface area (Å²) in [5.74, 6) is -0.642. The molecule has 4 rings (SSSR count). The predicted molar refractivity (Wildman–Crippen MR) is 98.3 cm³/mol. The van der Waals surface area contributed by atoms with Crippen molar-refractivity contribution < 1.29 is 18.0 Å². The first-order valence-electron chi connectivity index (χ1n) is 8.26. The zero-order valence-corrected chi connectivity index (χ0v) is 14.3. The fraction of sp³-hybridized carbons (Fsp3) is 0.0500. The second-order valence-corrected chi connectivity index (χ2v) is 6.12. The van der Waals surface area contributed by atoms with Crippen LogP contribution in [0.2, 0.25) is 0 Å². The van der Waals surface area contributed by atoms with Gasteiger partial charge in [-0.1, -0.05) is 18.2 Å². The number of fused-ring (bicyclic) bond motifs is 1. The minimum Gasteiger partial charge on any atom is -0.366 e. The van der Waals surface area contributed by atoms with Gasteiger partial charge >= 0.3 is 6.18 Å². The molecule has 3 heterocycles. The van der Waals surface area contributed by atoms with Crippen LogP contribution in [0.15, 0.2) is 60.8 Å². The van der Waals surface area contributed by atoms with E-state index in [1.54, 1.807) is 30.3 Å². The minimum absolute atomic E-state index is 0.0326. The number of alkyl halides is 3. The highest BCUT2D eigenvalue weighted by atomic mass is 19.4. The smallest absolute Gasteiger partial charge is 0.366 e. The van der Waals surface area contributed by atoms with E-state index < -0.39 is 17.6 Å². The average molecular weight is 382 g/mol. The number of pyridine rings is 2. The summed E-state index contributed by atoms with van der Waals surface area (Å²) in [5, 5.41) is 0.632. The Bertz CT molecular complexity index is 1200. The van der Waals surface area contributed by atoms with E-state index >= 15 is 0 Å². The van der Waals surface area contributed by atoms with E-state index in [2.05, 4.69) is 15.0 Å². The Kier molecular flexibility index (Phi) is 4.11. The molecular weight excluding hydrogens is 369 g/mol. The van der Waals surface area contributed by atoms with Crippen LogP contribution < -0.4 is 5.73 Å². The average Bonchev–Trinajstić information content (AvgIpc) is 3.10. The van der Waals surface area contributed by atoms with Crippen molar-refractivity contribution in [2.24, 2.45) is 5.73 Å². The SMILES string of the molecule is NC(=O)c1cccnc1-c1ccc2cc(-c3ccccc3C(F)(F)F)[nH]c2n1. The van der Waals surface area contributed by atoms with Crippen molar-refractivity contribution in [3.63, 3.8) is 0 Å². The molecule has 0 fully saturated rings. The first kappa shape index (κ1) is 17.7. The highest BCUT2D eigenvalue weighted by molar-refractivity contribution is 5.98. The van der Waals surface area contributed by atoms with Gasteiger partial charge in [-0.25, -0.2) is 4.98 Å². The Morgan fingerprint density at radius 1 is 1.04 bits per heavy atom. The van der Waals surface area contributed by atoms with Crippen LogP contribution in [0, 0.1) is 0 Å². The Morgan fingerprint density at radius 2 is 1.82 bits per heavy atom. The maximum absolute atomic E-state index is 13.3. The highest BCUT2D eigenvalue weighted by Gasteiger charge is 2.33. The van der Waals surface area contributed by atoms with E-state index in [-0.39, 0.29) is 11.1 Å². The Morgan fingerprint density at radius 3 is 2.57 bits per heavy atom. The molecule has 3 N–H and O–H groups in total. The number of hydrogen-bond donors (Lipinski definition) is 2. The number of nitrogens with two attached hydrogens (primary N) is 1. The summed E-state index contributed by atoms with van der Waals surface area (Å²) in [4.78, 5) is 23.1. The van der Waals surface area contributed by atoms with Gasteiger partial charge in [-0.05, 0) is 36.4 Å². The van der Waals surface area contributed by atoms with Gasteiger partial charge in [-0.3, -0.25) is 9.78 Å². The van der Waals surface area contributed by atoms with E-state index in [1.807, 2.05) is 0 Å². The predicted octanol–water partition coefficient (Wildman–Crippen LogP) is 4.41. The number of hydrogen-bond acceptors (Lipinski definition) is 3. The summed E-state index contributed by atoms with van der Waals surface area (Å²) >= 11 is 0. The molecule has 0 atom stereocenters. The lowest BCUT2D eigenvalue weighted by Gasteiger charge is -2.11. The molecule has 0 aliphatic heterocycles. The van der Waals surface area contributed by atoms with E-state index in [0.29, 0.717) is 28.1 Å². The fourth-order valence-electron chi connectivity index (χ4n) is 3.06. The van der Waals surface area contributed by atoms with Gasteiger partial charge in [0.05, 0.1) is 16.8 Å². The van der Waals surface area contributed by atoms with Crippen LogP contribution >= 0.6 is 0 Å². The number of carbonyl (C=O) groups excluding carboxylic acids is 1. The molecule has 0 aliphatic carbocycles. The van der Waals surface area contributed by atoms with Crippen LogP contribution in [0.4, 0.5) is 13.2 Å². The second kappa shape index (κ2) is 6.49. The van der Waals surface area contributed by atoms with Crippen LogP contribution in [0.3, 0.4) is 0 Å². The fourth-order valence-corrected chi connectivity index (χ4v) is 3.06. The molecule has 0 unspecified atom stereocenters. The molecular formula is C20H13F3N4O. The lowest BCUT2D eigenvalue weighted by molar-refractivity contribution is -0.137. The van der Waals surface area contributed by atoms with Crippen LogP contribution in [-0.2, 0) is 6.18 Å².